The number of halogens is 3. The van der Waals surface area contributed by atoms with E-state index in [9.17, 15) is 26.4 Å². The van der Waals surface area contributed by atoms with Crippen LogP contribution in [0.15, 0.2) is 24.3 Å². The second kappa shape index (κ2) is 5.57. The molecule has 8 heteroatoms. The first kappa shape index (κ1) is 16.8. The van der Waals surface area contributed by atoms with Crippen molar-refractivity contribution in [3.05, 3.63) is 35.4 Å². The molecule has 0 atom stereocenters. The minimum atomic E-state index is -4.46. The Labute approximate surface area is 126 Å². The van der Waals surface area contributed by atoms with Crippen LogP contribution in [0, 0.1) is 0 Å². The molecule has 1 fully saturated rings. The Balaban J connectivity index is 2.12. The Kier molecular flexibility index (Phi) is 4.25. The van der Waals surface area contributed by atoms with Gasteiger partial charge in [-0.2, -0.15) is 13.2 Å². The lowest BCUT2D eigenvalue weighted by molar-refractivity contribution is -0.137. The first-order chi connectivity index (χ1) is 10.0. The molecule has 1 saturated carbocycles. The maximum Gasteiger partial charge on any atom is 0.416 e. The van der Waals surface area contributed by atoms with E-state index in [2.05, 4.69) is 5.32 Å². The molecule has 0 heterocycles. The molecule has 1 aromatic carbocycles. The number of alkyl halides is 3. The fourth-order valence-electron chi connectivity index (χ4n) is 2.28. The van der Waals surface area contributed by atoms with Crippen LogP contribution in [0.3, 0.4) is 0 Å². The largest absolute Gasteiger partial charge is 0.416 e. The van der Waals surface area contributed by atoms with Gasteiger partial charge in [0, 0.05) is 12.8 Å². The van der Waals surface area contributed by atoms with E-state index in [-0.39, 0.29) is 12.3 Å². The molecule has 2 rings (SSSR count). The molecule has 1 aliphatic carbocycles. The number of benzene rings is 1. The highest BCUT2D eigenvalue weighted by Crippen LogP contribution is 2.49. The van der Waals surface area contributed by atoms with Crippen LogP contribution in [0.1, 0.15) is 24.0 Å². The minimum Gasteiger partial charge on any atom is -0.354 e. The summed E-state index contributed by atoms with van der Waals surface area (Å²) in [4.78, 5) is 12.2. The maximum atomic E-state index is 12.7. The third-order valence-electron chi connectivity index (χ3n) is 3.69. The molecule has 0 radical (unpaired) electrons. The fourth-order valence-corrected chi connectivity index (χ4v) is 2.76. The molecule has 1 amide bonds. The van der Waals surface area contributed by atoms with Crippen LogP contribution in [0.2, 0.25) is 0 Å². The molecule has 0 spiro atoms. The van der Waals surface area contributed by atoms with Crippen molar-refractivity contribution in [2.24, 2.45) is 0 Å². The van der Waals surface area contributed by atoms with Crippen LogP contribution >= 0.6 is 0 Å². The molecule has 1 aliphatic rings. The van der Waals surface area contributed by atoms with E-state index in [0.717, 1.165) is 18.4 Å². The monoisotopic (exact) mass is 335 g/mol. The Morgan fingerprint density at radius 2 is 1.95 bits per heavy atom. The number of hydrogen-bond donors (Lipinski definition) is 1. The highest BCUT2D eigenvalue weighted by Gasteiger charge is 2.51. The van der Waals surface area contributed by atoms with Gasteiger partial charge in [0.15, 0.2) is 0 Å². The van der Waals surface area contributed by atoms with Gasteiger partial charge in [0.2, 0.25) is 5.91 Å². The standard InChI is InChI=1S/C14H16F3NO3S/c1-22(20,21)8-7-18-12(19)13(5-6-13)10-3-2-4-11(9-10)14(15,16)17/h2-4,9H,5-8H2,1H3,(H,18,19). The van der Waals surface area contributed by atoms with Gasteiger partial charge in [-0.05, 0) is 24.5 Å². The molecule has 1 N–H and O–H groups in total. The van der Waals surface area contributed by atoms with Crippen LogP contribution < -0.4 is 5.32 Å². The summed E-state index contributed by atoms with van der Waals surface area (Å²) in [6.45, 7) is -0.0433. The molecule has 0 saturated heterocycles. The molecular weight excluding hydrogens is 319 g/mol. The van der Waals surface area contributed by atoms with E-state index in [4.69, 9.17) is 0 Å². The zero-order chi connectivity index (χ0) is 16.6. The highest BCUT2D eigenvalue weighted by molar-refractivity contribution is 7.90. The number of sulfone groups is 1. The lowest BCUT2D eigenvalue weighted by Crippen LogP contribution is -2.37. The topological polar surface area (TPSA) is 63.2 Å². The van der Waals surface area contributed by atoms with Crippen LogP contribution in [-0.4, -0.2) is 32.9 Å². The molecule has 1 aromatic rings. The first-order valence-corrected chi connectivity index (χ1v) is 8.74. The SMILES string of the molecule is CS(=O)(=O)CCNC(=O)C1(c2cccc(C(F)(F)F)c2)CC1. The van der Waals surface area contributed by atoms with Gasteiger partial charge in [-0.15, -0.1) is 0 Å². The van der Waals surface area contributed by atoms with Gasteiger partial charge in [0.05, 0.1) is 16.7 Å². The average molecular weight is 335 g/mol. The molecule has 122 valence electrons. The Morgan fingerprint density at radius 1 is 1.32 bits per heavy atom. The van der Waals surface area contributed by atoms with Crippen LogP contribution in [0.4, 0.5) is 13.2 Å². The number of carbonyl (C=O) groups excluding carboxylic acids is 1. The van der Waals surface area contributed by atoms with Crippen molar-refractivity contribution in [1.82, 2.24) is 5.32 Å². The smallest absolute Gasteiger partial charge is 0.354 e. The number of amides is 1. The van der Waals surface area contributed by atoms with E-state index in [0.29, 0.717) is 18.4 Å². The van der Waals surface area contributed by atoms with E-state index in [1.54, 1.807) is 0 Å². The third kappa shape index (κ3) is 3.79. The molecule has 0 aliphatic heterocycles. The molecule has 0 bridgehead atoms. The average Bonchev–Trinajstić information content (AvgIpc) is 3.17. The second-order valence-corrected chi connectivity index (χ2v) is 7.81. The van der Waals surface area contributed by atoms with Crippen molar-refractivity contribution in [1.29, 1.82) is 0 Å². The summed E-state index contributed by atoms with van der Waals surface area (Å²) < 4.78 is 60.3. The summed E-state index contributed by atoms with van der Waals surface area (Å²) in [7, 11) is -3.20. The summed E-state index contributed by atoms with van der Waals surface area (Å²) in [5.41, 5.74) is -1.43. The van der Waals surface area contributed by atoms with Crippen molar-refractivity contribution >= 4 is 15.7 Å². The van der Waals surface area contributed by atoms with Gasteiger partial charge in [-0.25, -0.2) is 8.42 Å². The zero-order valence-corrected chi connectivity index (χ0v) is 12.7. The van der Waals surface area contributed by atoms with Gasteiger partial charge in [-0.3, -0.25) is 4.79 Å². The number of hydrogen-bond acceptors (Lipinski definition) is 3. The Hall–Kier alpha value is -1.57. The lowest BCUT2D eigenvalue weighted by Gasteiger charge is -2.17. The predicted octanol–water partition coefficient (Wildman–Crippen LogP) is 1.90. The molecular formula is C14H16F3NO3S. The molecule has 22 heavy (non-hydrogen) atoms. The van der Waals surface area contributed by atoms with E-state index in [1.807, 2.05) is 0 Å². The summed E-state index contributed by atoms with van der Waals surface area (Å²) >= 11 is 0. The van der Waals surface area contributed by atoms with E-state index >= 15 is 0 Å². The van der Waals surface area contributed by atoms with E-state index in [1.165, 1.54) is 12.1 Å². The van der Waals surface area contributed by atoms with Gasteiger partial charge < -0.3 is 5.32 Å². The zero-order valence-electron chi connectivity index (χ0n) is 11.9. The van der Waals surface area contributed by atoms with Crippen molar-refractivity contribution in [2.45, 2.75) is 24.4 Å². The van der Waals surface area contributed by atoms with Crippen molar-refractivity contribution in [2.75, 3.05) is 18.6 Å². The Morgan fingerprint density at radius 3 is 2.45 bits per heavy atom. The predicted molar refractivity (Wildman–Crippen MR) is 75.1 cm³/mol. The van der Waals surface area contributed by atoms with E-state index < -0.39 is 32.9 Å². The van der Waals surface area contributed by atoms with Crippen molar-refractivity contribution in [3.8, 4) is 0 Å². The van der Waals surface area contributed by atoms with Crippen LogP contribution in [-0.2, 0) is 26.2 Å². The van der Waals surface area contributed by atoms with Gasteiger partial charge in [-0.1, -0.05) is 18.2 Å². The fraction of sp³-hybridized carbons (Fsp3) is 0.500. The minimum absolute atomic E-state index is 0.0433. The van der Waals surface area contributed by atoms with Crippen molar-refractivity contribution < 1.29 is 26.4 Å². The van der Waals surface area contributed by atoms with Gasteiger partial charge >= 0.3 is 6.18 Å². The summed E-state index contributed by atoms with van der Waals surface area (Å²) in [6.07, 6.45) is -2.49. The van der Waals surface area contributed by atoms with Crippen LogP contribution in [0.25, 0.3) is 0 Å². The number of rotatable bonds is 5. The van der Waals surface area contributed by atoms with Crippen molar-refractivity contribution in [3.63, 3.8) is 0 Å². The molecule has 4 nitrogen and oxygen atoms in total. The summed E-state index contributed by atoms with van der Waals surface area (Å²) in [5, 5.41) is 2.50. The lowest BCUT2D eigenvalue weighted by atomic mass is 9.93. The quantitative estimate of drug-likeness (QED) is 0.894. The number of carbonyl (C=O) groups is 1. The van der Waals surface area contributed by atoms with Gasteiger partial charge in [0.1, 0.15) is 9.84 Å². The number of nitrogens with one attached hydrogen (secondary N) is 1. The first-order valence-electron chi connectivity index (χ1n) is 6.68. The molecule has 0 unspecified atom stereocenters. The third-order valence-corrected chi connectivity index (χ3v) is 4.63. The van der Waals surface area contributed by atoms with Crippen LogP contribution in [0.5, 0.6) is 0 Å². The normalized spacial score (nSPS) is 17.1. The summed E-state index contributed by atoms with van der Waals surface area (Å²) in [5.74, 6) is -0.618. The highest BCUT2D eigenvalue weighted by atomic mass is 32.2. The summed E-state index contributed by atoms with van der Waals surface area (Å²) in [6, 6.07) is 4.73. The maximum absolute atomic E-state index is 12.7. The molecule has 0 aromatic heterocycles. The van der Waals surface area contributed by atoms with Gasteiger partial charge in [0.25, 0.3) is 0 Å². The Bertz CT molecular complexity index is 679. The second-order valence-electron chi connectivity index (χ2n) is 5.55.